The van der Waals surface area contributed by atoms with E-state index in [1.54, 1.807) is 19.2 Å². The molecule has 4 rings (SSSR count). The predicted molar refractivity (Wildman–Crippen MR) is 77.8 cm³/mol. The molecular formula is C17H10O4. The molecule has 0 fully saturated rings. The van der Waals surface area contributed by atoms with E-state index in [-0.39, 0.29) is 0 Å². The normalized spacial score (nSPS) is 13.6. The molecule has 4 heteroatoms. The minimum absolute atomic E-state index is 0.310. The second-order valence-corrected chi connectivity index (χ2v) is 4.88. The zero-order valence-corrected chi connectivity index (χ0v) is 11.2. The van der Waals surface area contributed by atoms with Crippen LogP contribution in [-0.2, 0) is 4.74 Å². The first kappa shape index (κ1) is 11.9. The van der Waals surface area contributed by atoms with Gasteiger partial charge >= 0.3 is 11.9 Å². The fraction of sp³-hybridized carbons (Fsp3) is 0.0588. The van der Waals surface area contributed by atoms with Crippen molar-refractivity contribution in [3.8, 4) is 5.75 Å². The number of esters is 2. The van der Waals surface area contributed by atoms with Gasteiger partial charge < -0.3 is 9.47 Å². The van der Waals surface area contributed by atoms with E-state index in [4.69, 9.17) is 9.47 Å². The van der Waals surface area contributed by atoms with Crippen LogP contribution in [0.25, 0.3) is 21.5 Å². The van der Waals surface area contributed by atoms with Crippen molar-refractivity contribution in [2.75, 3.05) is 7.11 Å². The van der Waals surface area contributed by atoms with Crippen LogP contribution in [0.15, 0.2) is 42.5 Å². The first-order chi connectivity index (χ1) is 10.2. The highest BCUT2D eigenvalue weighted by molar-refractivity contribution is 6.24. The molecular weight excluding hydrogens is 268 g/mol. The Hall–Kier alpha value is -2.88. The Morgan fingerprint density at radius 2 is 1.57 bits per heavy atom. The lowest BCUT2D eigenvalue weighted by Crippen LogP contribution is -1.97. The van der Waals surface area contributed by atoms with Gasteiger partial charge in [0.25, 0.3) is 0 Å². The molecule has 0 atom stereocenters. The molecule has 1 heterocycles. The van der Waals surface area contributed by atoms with Gasteiger partial charge in [0.2, 0.25) is 0 Å². The monoisotopic (exact) mass is 278 g/mol. The van der Waals surface area contributed by atoms with Crippen LogP contribution < -0.4 is 4.74 Å². The number of fused-ring (bicyclic) bond motifs is 5. The van der Waals surface area contributed by atoms with E-state index in [2.05, 4.69) is 0 Å². The van der Waals surface area contributed by atoms with Gasteiger partial charge in [-0.25, -0.2) is 9.59 Å². The third-order valence-corrected chi connectivity index (χ3v) is 3.83. The SMILES string of the molecule is COc1cc2c3c(ccc2c2ccccc12)C(=O)OC3=O. The molecule has 0 amide bonds. The average Bonchev–Trinajstić information content (AvgIpc) is 2.81. The van der Waals surface area contributed by atoms with Gasteiger partial charge in [-0.05, 0) is 22.9 Å². The van der Waals surface area contributed by atoms with E-state index in [1.807, 2.05) is 30.3 Å². The third-order valence-electron chi connectivity index (χ3n) is 3.83. The Balaban J connectivity index is 2.25. The Morgan fingerprint density at radius 1 is 0.857 bits per heavy atom. The summed E-state index contributed by atoms with van der Waals surface area (Å²) in [7, 11) is 1.58. The summed E-state index contributed by atoms with van der Waals surface area (Å²) in [6.07, 6.45) is 0. The van der Waals surface area contributed by atoms with Crippen LogP contribution in [0.4, 0.5) is 0 Å². The summed E-state index contributed by atoms with van der Waals surface area (Å²) < 4.78 is 10.1. The highest BCUT2D eigenvalue weighted by Gasteiger charge is 2.32. The van der Waals surface area contributed by atoms with E-state index < -0.39 is 11.9 Å². The largest absolute Gasteiger partial charge is 0.496 e. The zero-order valence-electron chi connectivity index (χ0n) is 11.2. The first-order valence-electron chi connectivity index (χ1n) is 6.49. The molecule has 0 N–H and O–H groups in total. The van der Waals surface area contributed by atoms with Crippen molar-refractivity contribution in [2.45, 2.75) is 0 Å². The molecule has 21 heavy (non-hydrogen) atoms. The lowest BCUT2D eigenvalue weighted by molar-refractivity contribution is 0.0444. The number of carbonyl (C=O) groups excluding carboxylic acids is 2. The van der Waals surface area contributed by atoms with Gasteiger partial charge in [-0.3, -0.25) is 0 Å². The molecule has 4 nitrogen and oxygen atoms in total. The summed E-state index contributed by atoms with van der Waals surface area (Å²) >= 11 is 0. The van der Waals surface area contributed by atoms with Gasteiger partial charge in [-0.15, -0.1) is 0 Å². The molecule has 0 bridgehead atoms. The van der Waals surface area contributed by atoms with Crippen LogP contribution in [0.5, 0.6) is 5.75 Å². The molecule has 1 aliphatic rings. The quantitative estimate of drug-likeness (QED) is 0.389. The van der Waals surface area contributed by atoms with E-state index in [9.17, 15) is 9.59 Å². The molecule has 0 aliphatic carbocycles. The van der Waals surface area contributed by atoms with Gasteiger partial charge in [-0.1, -0.05) is 30.3 Å². The van der Waals surface area contributed by atoms with E-state index in [0.717, 1.165) is 16.2 Å². The Bertz CT molecular complexity index is 940. The number of methoxy groups -OCH3 is 1. The highest BCUT2D eigenvalue weighted by Crippen LogP contribution is 2.37. The second-order valence-electron chi connectivity index (χ2n) is 4.88. The standard InChI is InChI=1S/C17H10O4/c1-20-14-8-13-10(9-4-2-3-5-11(9)14)6-7-12-15(13)17(19)21-16(12)18/h2-8H,1H3. The first-order valence-corrected chi connectivity index (χ1v) is 6.49. The van der Waals surface area contributed by atoms with Crippen LogP contribution in [-0.4, -0.2) is 19.0 Å². The fourth-order valence-corrected chi connectivity index (χ4v) is 2.90. The number of benzene rings is 3. The molecule has 3 aromatic carbocycles. The smallest absolute Gasteiger partial charge is 0.347 e. The van der Waals surface area contributed by atoms with Crippen molar-refractivity contribution in [3.63, 3.8) is 0 Å². The van der Waals surface area contributed by atoms with Crippen molar-refractivity contribution in [1.29, 1.82) is 0 Å². The van der Waals surface area contributed by atoms with Gasteiger partial charge in [-0.2, -0.15) is 0 Å². The number of carbonyl (C=O) groups is 2. The fourth-order valence-electron chi connectivity index (χ4n) is 2.90. The number of rotatable bonds is 1. The van der Waals surface area contributed by atoms with Gasteiger partial charge in [0.05, 0.1) is 18.2 Å². The van der Waals surface area contributed by atoms with Crippen LogP contribution in [0, 0.1) is 0 Å². The maximum atomic E-state index is 11.9. The summed E-state index contributed by atoms with van der Waals surface area (Å²) in [4.78, 5) is 23.6. The van der Waals surface area contributed by atoms with Crippen molar-refractivity contribution in [1.82, 2.24) is 0 Å². The maximum Gasteiger partial charge on any atom is 0.347 e. The molecule has 0 unspecified atom stereocenters. The summed E-state index contributed by atoms with van der Waals surface area (Å²) in [5.41, 5.74) is 0.631. The molecule has 0 saturated carbocycles. The minimum atomic E-state index is -0.599. The van der Waals surface area contributed by atoms with Crippen LogP contribution in [0.2, 0.25) is 0 Å². The second kappa shape index (κ2) is 4.06. The lowest BCUT2D eigenvalue weighted by Gasteiger charge is -2.10. The summed E-state index contributed by atoms with van der Waals surface area (Å²) in [5.74, 6) is -0.527. The summed E-state index contributed by atoms with van der Waals surface area (Å²) in [6, 6.07) is 13.1. The van der Waals surface area contributed by atoms with Gasteiger partial charge in [0, 0.05) is 10.8 Å². The topological polar surface area (TPSA) is 52.6 Å². The third kappa shape index (κ3) is 1.50. The lowest BCUT2D eigenvalue weighted by atomic mass is 9.95. The number of hydrogen-bond acceptors (Lipinski definition) is 4. The van der Waals surface area contributed by atoms with Crippen molar-refractivity contribution >= 4 is 33.5 Å². The highest BCUT2D eigenvalue weighted by atomic mass is 16.6. The molecule has 0 spiro atoms. The Morgan fingerprint density at radius 3 is 2.33 bits per heavy atom. The average molecular weight is 278 g/mol. The van der Waals surface area contributed by atoms with Gasteiger partial charge in [0.1, 0.15) is 5.75 Å². The van der Waals surface area contributed by atoms with Gasteiger partial charge in [0.15, 0.2) is 0 Å². The Kier molecular flexibility index (Phi) is 2.30. The number of cyclic esters (lactones) is 2. The molecule has 1 aliphatic heterocycles. The van der Waals surface area contributed by atoms with Crippen molar-refractivity contribution in [2.24, 2.45) is 0 Å². The molecule has 0 saturated heterocycles. The molecule has 102 valence electrons. The van der Waals surface area contributed by atoms with E-state index in [0.29, 0.717) is 22.3 Å². The zero-order chi connectivity index (χ0) is 14.6. The molecule has 3 aromatic rings. The van der Waals surface area contributed by atoms with E-state index in [1.165, 1.54) is 0 Å². The van der Waals surface area contributed by atoms with Crippen LogP contribution in [0.3, 0.4) is 0 Å². The van der Waals surface area contributed by atoms with Crippen LogP contribution in [0.1, 0.15) is 20.7 Å². The van der Waals surface area contributed by atoms with Crippen molar-refractivity contribution in [3.05, 3.63) is 53.6 Å². The molecule has 0 radical (unpaired) electrons. The minimum Gasteiger partial charge on any atom is -0.496 e. The van der Waals surface area contributed by atoms with E-state index >= 15 is 0 Å². The summed E-state index contributed by atoms with van der Waals surface area (Å²) in [5, 5.41) is 3.52. The summed E-state index contributed by atoms with van der Waals surface area (Å²) in [6.45, 7) is 0. The Labute approximate surface area is 119 Å². The van der Waals surface area contributed by atoms with Crippen molar-refractivity contribution < 1.29 is 19.1 Å². The molecule has 0 aromatic heterocycles. The van der Waals surface area contributed by atoms with Crippen LogP contribution >= 0.6 is 0 Å². The number of hydrogen-bond donors (Lipinski definition) is 0. The maximum absolute atomic E-state index is 11.9. The predicted octanol–water partition coefficient (Wildman–Crippen LogP) is 3.31. The number of ether oxygens (including phenoxy) is 2.